The highest BCUT2D eigenvalue weighted by Crippen LogP contribution is 2.42. The van der Waals surface area contributed by atoms with E-state index in [4.69, 9.17) is 11.5 Å². The van der Waals surface area contributed by atoms with Gasteiger partial charge in [-0.1, -0.05) is 67.9 Å². The normalized spacial score (nSPS) is 11.0. The van der Waals surface area contributed by atoms with Crippen molar-refractivity contribution in [3.8, 4) is 17.2 Å². The number of carbonyl (C=O) groups is 1. The van der Waals surface area contributed by atoms with Crippen molar-refractivity contribution in [2.45, 2.75) is 33.2 Å². The molecule has 166 valence electrons. The lowest BCUT2D eigenvalue weighted by atomic mass is 9.94. The topological polar surface area (TPSA) is 118 Å². The molecule has 0 fully saturated rings. The van der Waals surface area contributed by atoms with Crippen molar-refractivity contribution in [1.29, 1.82) is 5.26 Å². The molecule has 6 nitrogen and oxygen atoms in total. The third-order valence-corrected chi connectivity index (χ3v) is 6.76. The molecule has 0 radical (unpaired) electrons. The second-order valence-electron chi connectivity index (χ2n) is 8.33. The number of benzene rings is 2. The van der Waals surface area contributed by atoms with Gasteiger partial charge in [-0.05, 0) is 29.5 Å². The number of aryl methyl sites for hydroxylation is 1. The lowest BCUT2D eigenvalue weighted by Crippen LogP contribution is -2.22. The standard InChI is InChI=1S/C26H25N5OS/c1-14(2)17-8-10-18(11-9-17)20-19(12-27)24(29)31-26-21(20)22(28)23(33-26)25(32)30-13-16-6-4-15(3)5-7-16/h4-11,14H,13,28H2,1-3H3,(H2,29,31)(H,30,32). The molecular formula is C26H25N5OS. The predicted octanol–water partition coefficient (Wildman–Crippen LogP) is 5.36. The average Bonchev–Trinajstić information content (AvgIpc) is 3.13. The smallest absolute Gasteiger partial charge is 0.263 e. The van der Waals surface area contributed by atoms with Gasteiger partial charge in [0.25, 0.3) is 5.91 Å². The van der Waals surface area contributed by atoms with Crippen LogP contribution in [0.15, 0.2) is 48.5 Å². The van der Waals surface area contributed by atoms with Crippen LogP contribution in [0, 0.1) is 18.3 Å². The molecular weight excluding hydrogens is 430 g/mol. The Morgan fingerprint density at radius 1 is 1.12 bits per heavy atom. The number of nitrogens with zero attached hydrogens (tertiary/aromatic N) is 2. The summed E-state index contributed by atoms with van der Waals surface area (Å²) in [6, 6.07) is 18.1. The Kier molecular flexibility index (Phi) is 6.03. The van der Waals surface area contributed by atoms with Crippen LogP contribution < -0.4 is 16.8 Å². The average molecular weight is 456 g/mol. The van der Waals surface area contributed by atoms with Crippen LogP contribution >= 0.6 is 11.3 Å². The van der Waals surface area contributed by atoms with E-state index in [-0.39, 0.29) is 17.3 Å². The van der Waals surface area contributed by atoms with Gasteiger partial charge in [-0.2, -0.15) is 5.26 Å². The molecule has 4 rings (SSSR count). The summed E-state index contributed by atoms with van der Waals surface area (Å²) in [4.78, 5) is 18.3. The minimum Gasteiger partial charge on any atom is -0.397 e. The third-order valence-electron chi connectivity index (χ3n) is 5.66. The highest BCUT2D eigenvalue weighted by Gasteiger charge is 2.24. The lowest BCUT2D eigenvalue weighted by molar-refractivity contribution is 0.0956. The number of amides is 1. The van der Waals surface area contributed by atoms with Gasteiger partial charge in [0.05, 0.1) is 5.69 Å². The zero-order valence-corrected chi connectivity index (χ0v) is 19.6. The summed E-state index contributed by atoms with van der Waals surface area (Å²) in [5, 5.41) is 13.3. The van der Waals surface area contributed by atoms with Crippen LogP contribution in [0.5, 0.6) is 0 Å². The van der Waals surface area contributed by atoms with E-state index in [1.165, 1.54) is 16.9 Å². The molecule has 2 aromatic heterocycles. The third kappa shape index (κ3) is 4.26. The van der Waals surface area contributed by atoms with Crippen molar-refractivity contribution >= 4 is 39.0 Å². The van der Waals surface area contributed by atoms with Crippen LogP contribution in [-0.2, 0) is 6.54 Å². The largest absolute Gasteiger partial charge is 0.397 e. The van der Waals surface area contributed by atoms with E-state index in [2.05, 4.69) is 30.2 Å². The number of hydrogen-bond donors (Lipinski definition) is 3. The van der Waals surface area contributed by atoms with Crippen molar-refractivity contribution < 1.29 is 4.79 Å². The van der Waals surface area contributed by atoms with E-state index < -0.39 is 0 Å². The van der Waals surface area contributed by atoms with Crippen molar-refractivity contribution in [3.05, 3.63) is 75.7 Å². The van der Waals surface area contributed by atoms with Gasteiger partial charge in [0, 0.05) is 17.5 Å². The first-order valence-corrected chi connectivity index (χ1v) is 11.5. The summed E-state index contributed by atoms with van der Waals surface area (Å²) in [6.45, 7) is 6.64. The number of nitrogens with one attached hydrogen (secondary N) is 1. The fraction of sp³-hybridized carbons (Fsp3) is 0.192. The van der Waals surface area contributed by atoms with Crippen LogP contribution in [0.1, 0.15) is 51.7 Å². The number of nitrogens with two attached hydrogens (primary N) is 2. The quantitative estimate of drug-likeness (QED) is 0.374. The predicted molar refractivity (Wildman–Crippen MR) is 135 cm³/mol. The lowest BCUT2D eigenvalue weighted by Gasteiger charge is -2.11. The van der Waals surface area contributed by atoms with Gasteiger partial charge in [0.2, 0.25) is 0 Å². The Balaban J connectivity index is 1.77. The van der Waals surface area contributed by atoms with E-state index >= 15 is 0 Å². The molecule has 0 spiro atoms. The summed E-state index contributed by atoms with van der Waals surface area (Å²) in [5.41, 5.74) is 17.9. The molecule has 0 unspecified atom stereocenters. The van der Waals surface area contributed by atoms with E-state index in [0.717, 1.165) is 16.7 Å². The Hall–Kier alpha value is -3.89. The van der Waals surface area contributed by atoms with E-state index in [1.54, 1.807) is 0 Å². The maximum absolute atomic E-state index is 13.0. The molecule has 0 aliphatic heterocycles. The molecule has 0 saturated carbocycles. The van der Waals surface area contributed by atoms with Crippen LogP contribution in [0.4, 0.5) is 11.5 Å². The fourth-order valence-electron chi connectivity index (χ4n) is 3.74. The number of thiophene rings is 1. The number of carbonyl (C=O) groups excluding carboxylic acids is 1. The van der Waals surface area contributed by atoms with Gasteiger partial charge in [-0.25, -0.2) is 4.98 Å². The Morgan fingerprint density at radius 3 is 2.39 bits per heavy atom. The maximum atomic E-state index is 13.0. The number of fused-ring (bicyclic) bond motifs is 1. The number of rotatable bonds is 5. The maximum Gasteiger partial charge on any atom is 0.263 e. The molecule has 0 atom stereocenters. The number of pyridine rings is 1. The number of nitriles is 1. The summed E-state index contributed by atoms with van der Waals surface area (Å²) >= 11 is 1.18. The van der Waals surface area contributed by atoms with Crippen molar-refractivity contribution in [2.75, 3.05) is 11.5 Å². The number of hydrogen-bond acceptors (Lipinski definition) is 6. The van der Waals surface area contributed by atoms with Crippen molar-refractivity contribution in [3.63, 3.8) is 0 Å². The zero-order chi connectivity index (χ0) is 23.7. The zero-order valence-electron chi connectivity index (χ0n) is 18.8. The molecule has 1 amide bonds. The van der Waals surface area contributed by atoms with Crippen molar-refractivity contribution in [2.24, 2.45) is 0 Å². The van der Waals surface area contributed by atoms with E-state index in [9.17, 15) is 10.1 Å². The molecule has 0 aliphatic rings. The summed E-state index contributed by atoms with van der Waals surface area (Å²) in [6.07, 6.45) is 0. The molecule has 0 saturated heterocycles. The molecule has 5 N–H and O–H groups in total. The van der Waals surface area contributed by atoms with Gasteiger partial charge in [0.1, 0.15) is 27.2 Å². The first kappa shape index (κ1) is 22.3. The Morgan fingerprint density at radius 2 is 1.79 bits per heavy atom. The Bertz CT molecular complexity index is 1380. The van der Waals surface area contributed by atoms with Crippen LogP contribution in [0.2, 0.25) is 0 Å². The summed E-state index contributed by atoms with van der Waals surface area (Å²) in [7, 11) is 0. The van der Waals surface area contributed by atoms with Gasteiger partial charge in [-0.3, -0.25) is 4.79 Å². The van der Waals surface area contributed by atoms with E-state index in [1.807, 2.05) is 55.5 Å². The minimum atomic E-state index is -0.283. The van der Waals surface area contributed by atoms with Gasteiger partial charge in [0.15, 0.2) is 0 Å². The molecule has 2 aromatic carbocycles. The highest BCUT2D eigenvalue weighted by molar-refractivity contribution is 7.21. The molecule has 2 heterocycles. The number of anilines is 2. The first-order valence-electron chi connectivity index (χ1n) is 10.7. The van der Waals surface area contributed by atoms with Crippen LogP contribution in [0.25, 0.3) is 21.3 Å². The number of nitrogen functional groups attached to an aromatic ring is 2. The summed E-state index contributed by atoms with van der Waals surface area (Å²) in [5.74, 6) is 0.224. The van der Waals surface area contributed by atoms with Gasteiger partial charge in [-0.15, -0.1) is 11.3 Å². The molecule has 7 heteroatoms. The van der Waals surface area contributed by atoms with Crippen molar-refractivity contribution in [1.82, 2.24) is 10.3 Å². The second kappa shape index (κ2) is 8.93. The minimum absolute atomic E-state index is 0.126. The van der Waals surface area contributed by atoms with Crippen LogP contribution in [-0.4, -0.2) is 10.9 Å². The van der Waals surface area contributed by atoms with Gasteiger partial charge >= 0.3 is 0 Å². The first-order chi connectivity index (χ1) is 15.8. The SMILES string of the molecule is Cc1ccc(CNC(=O)c2sc3nc(N)c(C#N)c(-c4ccc(C(C)C)cc4)c3c2N)cc1. The molecule has 0 aliphatic carbocycles. The summed E-state index contributed by atoms with van der Waals surface area (Å²) < 4.78 is 0. The highest BCUT2D eigenvalue weighted by atomic mass is 32.1. The molecule has 4 aromatic rings. The molecule has 33 heavy (non-hydrogen) atoms. The second-order valence-corrected chi connectivity index (χ2v) is 9.33. The van der Waals surface area contributed by atoms with E-state index in [0.29, 0.717) is 38.8 Å². The number of aromatic nitrogens is 1. The monoisotopic (exact) mass is 455 g/mol. The van der Waals surface area contributed by atoms with Gasteiger partial charge < -0.3 is 16.8 Å². The Labute approximate surface area is 196 Å². The molecule has 0 bridgehead atoms. The van der Waals surface area contributed by atoms with Crippen LogP contribution in [0.3, 0.4) is 0 Å². The fourth-order valence-corrected chi connectivity index (χ4v) is 4.77.